The zero-order valence-electron chi connectivity index (χ0n) is 14.2. The van der Waals surface area contributed by atoms with E-state index in [1.54, 1.807) is 4.68 Å². The minimum Gasteiger partial charge on any atom is -0.337 e. The zero-order chi connectivity index (χ0) is 17.1. The van der Waals surface area contributed by atoms with Crippen molar-refractivity contribution in [2.45, 2.75) is 38.5 Å². The highest BCUT2D eigenvalue weighted by Crippen LogP contribution is 2.25. The molecule has 0 spiro atoms. The molecule has 2 aromatic rings. The summed E-state index contributed by atoms with van der Waals surface area (Å²) in [6.07, 6.45) is 5.15. The van der Waals surface area contributed by atoms with E-state index in [9.17, 15) is 9.59 Å². The molecule has 7 heteroatoms. The molecule has 1 amide bonds. The first kappa shape index (κ1) is 16.4. The number of rotatable bonds is 4. The Balaban J connectivity index is 1.77. The topological polar surface area (TPSA) is 83.9 Å². The smallest absolute Gasteiger partial charge is 0.272 e. The molecule has 3 heterocycles. The SMILES string of the molecule is CCCc1cc(C(=O)N2CCC[C@@H](c3cc(=O)[nH]cn3)C2)n(C)n1. The molecule has 24 heavy (non-hydrogen) atoms. The van der Waals surface area contributed by atoms with E-state index < -0.39 is 0 Å². The van der Waals surface area contributed by atoms with Gasteiger partial charge in [-0.05, 0) is 25.3 Å². The van der Waals surface area contributed by atoms with Gasteiger partial charge in [0, 0.05) is 32.1 Å². The number of hydrogen-bond acceptors (Lipinski definition) is 4. The van der Waals surface area contributed by atoms with Gasteiger partial charge in [-0.3, -0.25) is 14.3 Å². The van der Waals surface area contributed by atoms with Gasteiger partial charge in [0.1, 0.15) is 5.69 Å². The summed E-state index contributed by atoms with van der Waals surface area (Å²) in [7, 11) is 1.81. The number of piperidine rings is 1. The van der Waals surface area contributed by atoms with E-state index in [1.165, 1.54) is 12.4 Å². The number of hydrogen-bond donors (Lipinski definition) is 1. The number of amides is 1. The Bertz CT molecular complexity index is 779. The molecule has 1 aliphatic heterocycles. The van der Waals surface area contributed by atoms with E-state index in [2.05, 4.69) is 22.0 Å². The lowest BCUT2D eigenvalue weighted by Crippen LogP contribution is -2.40. The van der Waals surface area contributed by atoms with E-state index >= 15 is 0 Å². The number of aromatic amines is 1. The minimum atomic E-state index is -0.153. The molecule has 0 unspecified atom stereocenters. The van der Waals surface area contributed by atoms with E-state index in [-0.39, 0.29) is 17.4 Å². The summed E-state index contributed by atoms with van der Waals surface area (Å²) in [6.45, 7) is 3.41. The van der Waals surface area contributed by atoms with Crippen molar-refractivity contribution in [2.75, 3.05) is 13.1 Å². The van der Waals surface area contributed by atoms with Gasteiger partial charge in [0.25, 0.3) is 11.5 Å². The molecule has 0 aromatic carbocycles. The summed E-state index contributed by atoms with van der Waals surface area (Å²) in [5, 5.41) is 4.42. The molecule has 0 bridgehead atoms. The summed E-state index contributed by atoms with van der Waals surface area (Å²) < 4.78 is 1.67. The van der Waals surface area contributed by atoms with Gasteiger partial charge in [-0.25, -0.2) is 4.98 Å². The lowest BCUT2D eigenvalue weighted by Gasteiger charge is -2.32. The molecular weight excluding hydrogens is 306 g/mol. The minimum absolute atomic E-state index is 0.00175. The fourth-order valence-electron chi connectivity index (χ4n) is 3.28. The molecular formula is C17H23N5O2. The number of H-pyrrole nitrogens is 1. The van der Waals surface area contributed by atoms with Gasteiger partial charge in [-0.15, -0.1) is 0 Å². The Labute approximate surface area is 140 Å². The summed E-state index contributed by atoms with van der Waals surface area (Å²) in [5.74, 6) is 0.107. The van der Waals surface area contributed by atoms with Gasteiger partial charge < -0.3 is 9.88 Å². The Morgan fingerprint density at radius 2 is 2.25 bits per heavy atom. The molecule has 0 aliphatic carbocycles. The third-order valence-electron chi connectivity index (χ3n) is 4.48. The van der Waals surface area contributed by atoms with Crippen LogP contribution < -0.4 is 5.56 Å². The summed E-state index contributed by atoms with van der Waals surface area (Å²) in [5.41, 5.74) is 2.18. The number of carbonyl (C=O) groups is 1. The van der Waals surface area contributed by atoms with E-state index in [0.29, 0.717) is 12.2 Å². The summed E-state index contributed by atoms with van der Waals surface area (Å²) >= 11 is 0. The van der Waals surface area contributed by atoms with Gasteiger partial charge in [0.05, 0.1) is 17.7 Å². The van der Waals surface area contributed by atoms with Crippen LogP contribution in [0.15, 0.2) is 23.3 Å². The van der Waals surface area contributed by atoms with Gasteiger partial charge in [-0.1, -0.05) is 13.3 Å². The molecule has 1 saturated heterocycles. The Hall–Kier alpha value is -2.44. The molecule has 0 saturated carbocycles. The van der Waals surface area contributed by atoms with Crippen LogP contribution in [-0.2, 0) is 13.5 Å². The number of nitrogens with one attached hydrogen (secondary N) is 1. The van der Waals surface area contributed by atoms with E-state index in [0.717, 1.165) is 43.6 Å². The molecule has 2 aromatic heterocycles. The maximum Gasteiger partial charge on any atom is 0.272 e. The molecule has 1 N–H and O–H groups in total. The monoisotopic (exact) mass is 329 g/mol. The van der Waals surface area contributed by atoms with Crippen molar-refractivity contribution in [1.29, 1.82) is 0 Å². The quantitative estimate of drug-likeness (QED) is 0.921. The standard InChI is InChI=1S/C17H23N5O2/c1-3-5-13-8-15(21(2)20-13)17(24)22-7-4-6-12(10-22)14-9-16(23)19-11-18-14/h8-9,11-12H,3-7,10H2,1-2H3,(H,18,19,23)/t12-/m1/s1. The normalized spacial score (nSPS) is 17.9. The molecule has 1 fully saturated rings. The third kappa shape index (κ3) is 3.39. The third-order valence-corrected chi connectivity index (χ3v) is 4.48. The first-order valence-electron chi connectivity index (χ1n) is 8.45. The van der Waals surface area contributed by atoms with Crippen molar-refractivity contribution in [3.05, 3.63) is 45.9 Å². The van der Waals surface area contributed by atoms with Crippen LogP contribution in [0.4, 0.5) is 0 Å². The van der Waals surface area contributed by atoms with Crippen LogP contribution in [0, 0.1) is 0 Å². The van der Waals surface area contributed by atoms with Crippen molar-refractivity contribution in [3.63, 3.8) is 0 Å². The van der Waals surface area contributed by atoms with Crippen LogP contribution in [0.3, 0.4) is 0 Å². The number of aryl methyl sites for hydroxylation is 2. The molecule has 3 rings (SSSR count). The van der Waals surface area contributed by atoms with Crippen molar-refractivity contribution in [3.8, 4) is 0 Å². The Morgan fingerprint density at radius 3 is 3.00 bits per heavy atom. The summed E-state index contributed by atoms with van der Waals surface area (Å²) in [4.78, 5) is 33.0. The van der Waals surface area contributed by atoms with Crippen LogP contribution in [-0.4, -0.2) is 43.6 Å². The highest BCUT2D eigenvalue weighted by molar-refractivity contribution is 5.92. The van der Waals surface area contributed by atoms with Crippen molar-refractivity contribution in [2.24, 2.45) is 7.05 Å². The predicted octanol–water partition coefficient (Wildman–Crippen LogP) is 1.48. The average Bonchev–Trinajstić information content (AvgIpc) is 2.95. The number of carbonyl (C=O) groups excluding carboxylic acids is 1. The highest BCUT2D eigenvalue weighted by Gasteiger charge is 2.28. The lowest BCUT2D eigenvalue weighted by atomic mass is 9.94. The molecule has 128 valence electrons. The van der Waals surface area contributed by atoms with Crippen LogP contribution in [0.5, 0.6) is 0 Å². The van der Waals surface area contributed by atoms with Crippen LogP contribution in [0.25, 0.3) is 0 Å². The second-order valence-corrected chi connectivity index (χ2v) is 6.32. The van der Waals surface area contributed by atoms with Gasteiger partial charge in [0.15, 0.2) is 0 Å². The van der Waals surface area contributed by atoms with E-state index in [4.69, 9.17) is 0 Å². The largest absolute Gasteiger partial charge is 0.337 e. The number of likely N-dealkylation sites (tertiary alicyclic amines) is 1. The van der Waals surface area contributed by atoms with Crippen LogP contribution in [0.1, 0.15) is 54.0 Å². The zero-order valence-corrected chi connectivity index (χ0v) is 14.2. The van der Waals surface area contributed by atoms with E-state index in [1.807, 2.05) is 18.0 Å². The summed E-state index contributed by atoms with van der Waals surface area (Å²) in [6, 6.07) is 3.42. The molecule has 1 atom stereocenters. The maximum absolute atomic E-state index is 12.9. The molecule has 1 aliphatic rings. The van der Waals surface area contributed by atoms with Gasteiger partial charge >= 0.3 is 0 Å². The number of nitrogens with zero attached hydrogens (tertiary/aromatic N) is 4. The molecule has 0 radical (unpaired) electrons. The first-order chi connectivity index (χ1) is 11.6. The van der Waals surface area contributed by atoms with Crippen molar-refractivity contribution >= 4 is 5.91 Å². The second-order valence-electron chi connectivity index (χ2n) is 6.32. The van der Waals surface area contributed by atoms with Crippen molar-refractivity contribution < 1.29 is 4.79 Å². The number of aromatic nitrogens is 4. The Kier molecular flexibility index (Phi) is 4.78. The van der Waals surface area contributed by atoms with Crippen LogP contribution in [0.2, 0.25) is 0 Å². The van der Waals surface area contributed by atoms with Gasteiger partial charge in [-0.2, -0.15) is 5.10 Å². The fourth-order valence-corrected chi connectivity index (χ4v) is 3.28. The lowest BCUT2D eigenvalue weighted by molar-refractivity contribution is 0.0694. The fraction of sp³-hybridized carbons (Fsp3) is 0.529. The van der Waals surface area contributed by atoms with Crippen molar-refractivity contribution in [1.82, 2.24) is 24.6 Å². The molecule has 7 nitrogen and oxygen atoms in total. The first-order valence-corrected chi connectivity index (χ1v) is 8.45. The Morgan fingerprint density at radius 1 is 1.42 bits per heavy atom. The highest BCUT2D eigenvalue weighted by atomic mass is 16.2. The maximum atomic E-state index is 12.9. The predicted molar refractivity (Wildman–Crippen MR) is 89.9 cm³/mol. The second kappa shape index (κ2) is 6.98. The average molecular weight is 329 g/mol. The van der Waals surface area contributed by atoms with Crippen LogP contribution >= 0.6 is 0 Å². The van der Waals surface area contributed by atoms with Gasteiger partial charge in [0.2, 0.25) is 0 Å².